The van der Waals surface area contributed by atoms with Crippen LogP contribution in [0.15, 0.2) is 24.4 Å². The summed E-state index contributed by atoms with van der Waals surface area (Å²) in [6, 6.07) is 6.01. The number of aryl methyl sites for hydroxylation is 1. The van der Waals surface area contributed by atoms with Crippen molar-refractivity contribution in [3.05, 3.63) is 35.5 Å². The van der Waals surface area contributed by atoms with Gasteiger partial charge in [-0.15, -0.1) is 0 Å². The molecule has 1 atom stereocenters. The third-order valence-corrected chi connectivity index (χ3v) is 5.89. The van der Waals surface area contributed by atoms with Gasteiger partial charge < -0.3 is 15.6 Å². The standard InChI is InChI=1S/C18H27N3O2S/c1-13-6-5-7-15-14(12-21-16(13)15)8-9-19-17(22)20-10-11-24(23)18(2,3)4/h5-7,12,21H,8-11H2,1-4H3,(H2,19,20,22)/t24-/m1/s1. The van der Waals surface area contributed by atoms with Crippen molar-refractivity contribution in [3.63, 3.8) is 0 Å². The topological polar surface area (TPSA) is 74.0 Å². The van der Waals surface area contributed by atoms with Gasteiger partial charge in [0, 0.05) is 51.5 Å². The molecule has 0 aliphatic rings. The van der Waals surface area contributed by atoms with E-state index in [0.717, 1.165) is 11.9 Å². The molecule has 0 radical (unpaired) electrons. The highest BCUT2D eigenvalue weighted by Crippen LogP contribution is 2.21. The number of carbonyl (C=O) groups excluding carboxylic acids is 1. The van der Waals surface area contributed by atoms with Gasteiger partial charge in [-0.1, -0.05) is 18.2 Å². The lowest BCUT2D eigenvalue weighted by Gasteiger charge is -2.17. The fourth-order valence-electron chi connectivity index (χ4n) is 2.51. The van der Waals surface area contributed by atoms with Crippen molar-refractivity contribution in [3.8, 4) is 0 Å². The van der Waals surface area contributed by atoms with E-state index in [-0.39, 0.29) is 10.8 Å². The molecule has 6 heteroatoms. The number of fused-ring (bicyclic) bond motifs is 1. The molecule has 3 N–H and O–H groups in total. The zero-order chi connectivity index (χ0) is 17.7. The van der Waals surface area contributed by atoms with E-state index in [2.05, 4.69) is 34.7 Å². The predicted octanol–water partition coefficient (Wildman–Crippen LogP) is 2.87. The smallest absolute Gasteiger partial charge is 0.314 e. The van der Waals surface area contributed by atoms with Crippen LogP contribution in [0.4, 0.5) is 4.79 Å². The number of para-hydroxylation sites is 1. The summed E-state index contributed by atoms with van der Waals surface area (Å²) in [6.07, 6.45) is 2.77. The highest BCUT2D eigenvalue weighted by atomic mass is 32.2. The van der Waals surface area contributed by atoms with Crippen molar-refractivity contribution in [2.24, 2.45) is 0 Å². The van der Waals surface area contributed by atoms with E-state index in [1.54, 1.807) is 0 Å². The number of amides is 2. The van der Waals surface area contributed by atoms with Crippen LogP contribution >= 0.6 is 0 Å². The first-order chi connectivity index (χ1) is 11.3. The number of hydrogen-bond donors (Lipinski definition) is 3. The maximum Gasteiger partial charge on any atom is 0.314 e. The van der Waals surface area contributed by atoms with Crippen LogP contribution < -0.4 is 10.6 Å². The molecule has 0 unspecified atom stereocenters. The predicted molar refractivity (Wildman–Crippen MR) is 101 cm³/mol. The molecule has 2 rings (SSSR count). The van der Waals surface area contributed by atoms with Gasteiger partial charge in [0.05, 0.1) is 0 Å². The van der Waals surface area contributed by atoms with Crippen LogP contribution in [-0.4, -0.2) is 38.8 Å². The zero-order valence-electron chi connectivity index (χ0n) is 14.9. The van der Waals surface area contributed by atoms with Crippen molar-refractivity contribution in [1.82, 2.24) is 15.6 Å². The Morgan fingerprint density at radius 1 is 1.21 bits per heavy atom. The van der Waals surface area contributed by atoms with E-state index in [9.17, 15) is 9.00 Å². The molecule has 0 fully saturated rings. The van der Waals surface area contributed by atoms with Crippen LogP contribution in [0.2, 0.25) is 0 Å². The Hall–Kier alpha value is -1.82. The molecule has 0 saturated heterocycles. The van der Waals surface area contributed by atoms with Gasteiger partial charge in [-0.25, -0.2) is 4.79 Å². The number of nitrogens with one attached hydrogen (secondary N) is 3. The van der Waals surface area contributed by atoms with Crippen LogP contribution in [-0.2, 0) is 17.2 Å². The normalized spacial score (nSPS) is 13.0. The summed E-state index contributed by atoms with van der Waals surface area (Å²) in [6.45, 7) is 8.87. The fraction of sp³-hybridized carbons (Fsp3) is 0.500. The van der Waals surface area contributed by atoms with Gasteiger partial charge in [0.1, 0.15) is 0 Å². The summed E-state index contributed by atoms with van der Waals surface area (Å²) in [7, 11) is -0.948. The van der Waals surface area contributed by atoms with Crippen molar-refractivity contribution in [2.75, 3.05) is 18.8 Å². The van der Waals surface area contributed by atoms with E-state index >= 15 is 0 Å². The molecular formula is C18H27N3O2S. The van der Waals surface area contributed by atoms with E-state index in [4.69, 9.17) is 0 Å². The molecule has 0 aliphatic heterocycles. The summed E-state index contributed by atoms with van der Waals surface area (Å²) in [5.74, 6) is 0.471. The lowest BCUT2D eigenvalue weighted by atomic mass is 10.1. The molecule has 1 aromatic heterocycles. The lowest BCUT2D eigenvalue weighted by molar-refractivity contribution is 0.241. The molecule has 24 heavy (non-hydrogen) atoms. The molecule has 0 spiro atoms. The Balaban J connectivity index is 1.74. The van der Waals surface area contributed by atoms with Crippen LogP contribution in [0.25, 0.3) is 10.9 Å². The fourth-order valence-corrected chi connectivity index (χ4v) is 3.41. The number of rotatable bonds is 6. The van der Waals surface area contributed by atoms with Crippen molar-refractivity contribution < 1.29 is 9.00 Å². The second-order valence-electron chi connectivity index (χ2n) is 6.91. The first-order valence-corrected chi connectivity index (χ1v) is 9.56. The van der Waals surface area contributed by atoms with Crippen LogP contribution in [0.5, 0.6) is 0 Å². The number of hydrogen-bond acceptors (Lipinski definition) is 2. The zero-order valence-corrected chi connectivity index (χ0v) is 15.7. The molecule has 0 bridgehead atoms. The van der Waals surface area contributed by atoms with E-state index in [0.29, 0.717) is 18.8 Å². The van der Waals surface area contributed by atoms with E-state index < -0.39 is 10.8 Å². The maximum atomic E-state index is 11.9. The third-order valence-electron chi connectivity index (χ3n) is 3.95. The Bertz CT molecular complexity index is 731. The summed E-state index contributed by atoms with van der Waals surface area (Å²) < 4.78 is 11.7. The monoisotopic (exact) mass is 349 g/mol. The largest absolute Gasteiger partial charge is 0.361 e. The van der Waals surface area contributed by atoms with Crippen molar-refractivity contribution >= 4 is 27.7 Å². The Kier molecular flexibility index (Phi) is 6.04. The molecule has 0 aliphatic carbocycles. The van der Waals surface area contributed by atoms with Gasteiger partial charge in [-0.2, -0.15) is 0 Å². The van der Waals surface area contributed by atoms with Gasteiger partial charge in [-0.05, 0) is 45.2 Å². The van der Waals surface area contributed by atoms with Gasteiger partial charge in [0.2, 0.25) is 0 Å². The summed E-state index contributed by atoms with van der Waals surface area (Å²) >= 11 is 0. The summed E-state index contributed by atoms with van der Waals surface area (Å²) in [5, 5.41) is 6.82. The number of urea groups is 1. The molecule has 0 saturated carbocycles. The van der Waals surface area contributed by atoms with Crippen molar-refractivity contribution in [2.45, 2.75) is 38.9 Å². The number of benzene rings is 1. The Morgan fingerprint density at radius 2 is 1.92 bits per heavy atom. The Labute approximate surface area is 146 Å². The van der Waals surface area contributed by atoms with Crippen LogP contribution in [0, 0.1) is 6.92 Å². The van der Waals surface area contributed by atoms with E-state index in [1.807, 2.05) is 33.0 Å². The minimum atomic E-state index is -0.948. The average Bonchev–Trinajstić information content (AvgIpc) is 2.91. The highest BCUT2D eigenvalue weighted by Gasteiger charge is 2.18. The van der Waals surface area contributed by atoms with Crippen molar-refractivity contribution in [1.29, 1.82) is 0 Å². The second-order valence-corrected chi connectivity index (χ2v) is 9.23. The number of aromatic nitrogens is 1. The lowest BCUT2D eigenvalue weighted by Crippen LogP contribution is -2.39. The second kappa shape index (κ2) is 7.83. The van der Waals surface area contributed by atoms with Gasteiger partial charge in [-0.3, -0.25) is 4.21 Å². The molecule has 1 aromatic carbocycles. The minimum absolute atomic E-state index is 0.211. The van der Waals surface area contributed by atoms with Crippen LogP contribution in [0.3, 0.4) is 0 Å². The maximum absolute atomic E-state index is 11.9. The van der Waals surface area contributed by atoms with Gasteiger partial charge in [0.15, 0.2) is 0 Å². The van der Waals surface area contributed by atoms with Gasteiger partial charge in [0.25, 0.3) is 0 Å². The molecule has 1 heterocycles. The molecule has 5 nitrogen and oxygen atoms in total. The Morgan fingerprint density at radius 3 is 2.62 bits per heavy atom. The highest BCUT2D eigenvalue weighted by molar-refractivity contribution is 7.86. The molecular weight excluding hydrogens is 322 g/mol. The average molecular weight is 350 g/mol. The SMILES string of the molecule is Cc1cccc2c(CCNC(=O)NCC[S@@](=O)C(C)(C)C)c[nH]c12. The summed E-state index contributed by atoms with van der Waals surface area (Å²) in [4.78, 5) is 15.1. The number of H-pyrrole nitrogens is 1. The van der Waals surface area contributed by atoms with E-state index in [1.165, 1.54) is 16.5 Å². The minimum Gasteiger partial charge on any atom is -0.361 e. The first kappa shape index (κ1) is 18.5. The third kappa shape index (κ3) is 4.84. The molecule has 132 valence electrons. The number of carbonyl (C=O) groups is 1. The summed E-state index contributed by atoms with van der Waals surface area (Å²) in [5.41, 5.74) is 3.57. The first-order valence-electron chi connectivity index (χ1n) is 8.25. The molecule has 2 aromatic rings. The molecule has 2 amide bonds. The quantitative estimate of drug-likeness (QED) is 0.750. The number of aromatic amines is 1. The van der Waals surface area contributed by atoms with Crippen LogP contribution in [0.1, 0.15) is 31.9 Å². The van der Waals surface area contributed by atoms with Gasteiger partial charge >= 0.3 is 6.03 Å².